The standard InChI is InChI=1S/C14H19N/c1-11(2)15-10-9-12-7-5-6-8-13(12)14(15,3)4/h5-11H,1-4H3. The maximum Gasteiger partial charge on any atom is 0.0600 e. The van der Waals surface area contributed by atoms with Crippen molar-refractivity contribution in [3.63, 3.8) is 0 Å². The van der Waals surface area contributed by atoms with Crippen LogP contribution in [0.1, 0.15) is 38.8 Å². The molecule has 0 bridgehead atoms. The topological polar surface area (TPSA) is 3.24 Å². The highest BCUT2D eigenvalue weighted by Crippen LogP contribution is 2.36. The summed E-state index contributed by atoms with van der Waals surface area (Å²) in [7, 11) is 0. The Morgan fingerprint density at radius 1 is 1.13 bits per heavy atom. The summed E-state index contributed by atoms with van der Waals surface area (Å²) in [6.07, 6.45) is 4.42. The summed E-state index contributed by atoms with van der Waals surface area (Å²) in [4.78, 5) is 2.41. The Bertz CT molecular complexity index is 388. The first-order valence-corrected chi connectivity index (χ1v) is 5.59. The molecule has 0 saturated heterocycles. The molecular formula is C14H19N. The molecule has 1 heterocycles. The zero-order valence-corrected chi connectivity index (χ0v) is 9.99. The summed E-state index contributed by atoms with van der Waals surface area (Å²) < 4.78 is 0. The Morgan fingerprint density at radius 3 is 2.47 bits per heavy atom. The number of hydrogen-bond acceptors (Lipinski definition) is 1. The van der Waals surface area contributed by atoms with Crippen LogP contribution in [0.5, 0.6) is 0 Å². The van der Waals surface area contributed by atoms with E-state index in [0.717, 1.165) is 0 Å². The molecule has 1 aliphatic rings. The van der Waals surface area contributed by atoms with Crippen molar-refractivity contribution in [2.45, 2.75) is 39.3 Å². The van der Waals surface area contributed by atoms with Gasteiger partial charge in [0.1, 0.15) is 0 Å². The Hall–Kier alpha value is -1.24. The van der Waals surface area contributed by atoms with E-state index in [1.54, 1.807) is 0 Å². The van der Waals surface area contributed by atoms with Crippen LogP contribution in [0.25, 0.3) is 6.08 Å². The molecule has 15 heavy (non-hydrogen) atoms. The molecule has 0 spiro atoms. The Morgan fingerprint density at radius 2 is 1.80 bits per heavy atom. The zero-order valence-electron chi connectivity index (χ0n) is 9.99. The van der Waals surface area contributed by atoms with E-state index < -0.39 is 0 Å². The van der Waals surface area contributed by atoms with E-state index in [1.165, 1.54) is 11.1 Å². The van der Waals surface area contributed by atoms with Gasteiger partial charge in [0.05, 0.1) is 5.54 Å². The molecule has 2 rings (SSSR count). The van der Waals surface area contributed by atoms with Gasteiger partial charge in [-0.1, -0.05) is 24.3 Å². The second kappa shape index (κ2) is 3.41. The molecule has 1 aromatic carbocycles. The van der Waals surface area contributed by atoms with Crippen molar-refractivity contribution >= 4 is 6.08 Å². The fourth-order valence-electron chi connectivity index (χ4n) is 2.50. The van der Waals surface area contributed by atoms with Gasteiger partial charge >= 0.3 is 0 Å². The van der Waals surface area contributed by atoms with Gasteiger partial charge in [0, 0.05) is 12.2 Å². The molecule has 0 unspecified atom stereocenters. The largest absolute Gasteiger partial charge is 0.366 e. The lowest BCUT2D eigenvalue weighted by Gasteiger charge is -2.44. The van der Waals surface area contributed by atoms with Crippen LogP contribution in [0.3, 0.4) is 0 Å². The lowest BCUT2D eigenvalue weighted by Crippen LogP contribution is -2.43. The van der Waals surface area contributed by atoms with E-state index in [2.05, 4.69) is 69.1 Å². The van der Waals surface area contributed by atoms with Gasteiger partial charge < -0.3 is 4.90 Å². The summed E-state index contributed by atoms with van der Waals surface area (Å²) in [5, 5.41) is 0. The van der Waals surface area contributed by atoms with Crippen LogP contribution in [0.4, 0.5) is 0 Å². The molecule has 0 fully saturated rings. The summed E-state index contributed by atoms with van der Waals surface area (Å²) in [6.45, 7) is 9.05. The predicted octanol–water partition coefficient (Wildman–Crippen LogP) is 3.62. The van der Waals surface area contributed by atoms with E-state index in [9.17, 15) is 0 Å². The lowest BCUT2D eigenvalue weighted by atomic mass is 9.85. The van der Waals surface area contributed by atoms with Crippen molar-refractivity contribution in [2.75, 3.05) is 0 Å². The van der Waals surface area contributed by atoms with E-state index in [4.69, 9.17) is 0 Å². The van der Waals surface area contributed by atoms with E-state index in [0.29, 0.717) is 6.04 Å². The van der Waals surface area contributed by atoms with Gasteiger partial charge in [-0.25, -0.2) is 0 Å². The van der Waals surface area contributed by atoms with Crippen molar-refractivity contribution in [3.8, 4) is 0 Å². The Labute approximate surface area is 92.4 Å². The normalized spacial score (nSPS) is 18.1. The summed E-state index contributed by atoms with van der Waals surface area (Å²) >= 11 is 0. The van der Waals surface area contributed by atoms with Gasteiger partial charge in [-0.15, -0.1) is 0 Å². The highest BCUT2D eigenvalue weighted by atomic mass is 15.2. The van der Waals surface area contributed by atoms with Crippen molar-refractivity contribution < 1.29 is 0 Å². The molecule has 0 aliphatic carbocycles. The maximum absolute atomic E-state index is 2.41. The average molecular weight is 201 g/mol. The third-order valence-corrected chi connectivity index (χ3v) is 3.24. The van der Waals surface area contributed by atoms with Crippen LogP contribution in [0.15, 0.2) is 30.5 Å². The second-order valence-electron chi connectivity index (χ2n) is 4.96. The van der Waals surface area contributed by atoms with Crippen LogP contribution in [0.2, 0.25) is 0 Å². The van der Waals surface area contributed by atoms with Crippen molar-refractivity contribution in [2.24, 2.45) is 0 Å². The first kappa shape index (κ1) is 10.3. The SMILES string of the molecule is CC(C)N1C=Cc2ccccc2C1(C)C. The van der Waals surface area contributed by atoms with Crippen LogP contribution in [-0.2, 0) is 5.54 Å². The molecule has 0 radical (unpaired) electrons. The number of fused-ring (bicyclic) bond motifs is 1. The summed E-state index contributed by atoms with van der Waals surface area (Å²) in [5.74, 6) is 0. The van der Waals surface area contributed by atoms with Crippen molar-refractivity contribution in [1.29, 1.82) is 0 Å². The van der Waals surface area contributed by atoms with E-state index in [-0.39, 0.29) is 5.54 Å². The average Bonchev–Trinajstić information content (AvgIpc) is 2.17. The van der Waals surface area contributed by atoms with Gasteiger partial charge in [0.15, 0.2) is 0 Å². The predicted molar refractivity (Wildman–Crippen MR) is 65.5 cm³/mol. The number of hydrogen-bond donors (Lipinski definition) is 0. The molecule has 1 heteroatoms. The monoisotopic (exact) mass is 201 g/mol. The summed E-state index contributed by atoms with van der Waals surface area (Å²) in [5.41, 5.74) is 2.86. The number of benzene rings is 1. The van der Waals surface area contributed by atoms with Crippen molar-refractivity contribution in [3.05, 3.63) is 41.6 Å². The van der Waals surface area contributed by atoms with Crippen LogP contribution < -0.4 is 0 Å². The molecule has 0 saturated carbocycles. The van der Waals surface area contributed by atoms with Gasteiger partial charge in [-0.05, 0) is 44.9 Å². The first-order chi connectivity index (χ1) is 7.03. The Kier molecular flexibility index (Phi) is 2.34. The first-order valence-electron chi connectivity index (χ1n) is 5.59. The molecule has 0 atom stereocenters. The van der Waals surface area contributed by atoms with Crippen molar-refractivity contribution in [1.82, 2.24) is 4.90 Å². The fourth-order valence-corrected chi connectivity index (χ4v) is 2.50. The third kappa shape index (κ3) is 1.56. The van der Waals surface area contributed by atoms with Crippen LogP contribution in [-0.4, -0.2) is 10.9 Å². The number of rotatable bonds is 1. The molecule has 0 N–H and O–H groups in total. The Balaban J connectivity index is 2.52. The lowest BCUT2D eigenvalue weighted by molar-refractivity contribution is 0.144. The van der Waals surface area contributed by atoms with Gasteiger partial charge in [0.2, 0.25) is 0 Å². The molecule has 1 nitrogen and oxygen atoms in total. The highest BCUT2D eigenvalue weighted by molar-refractivity contribution is 5.58. The number of nitrogens with zero attached hydrogens (tertiary/aromatic N) is 1. The zero-order chi connectivity index (χ0) is 11.1. The third-order valence-electron chi connectivity index (χ3n) is 3.24. The molecule has 0 aromatic heterocycles. The van der Waals surface area contributed by atoms with Crippen LogP contribution >= 0.6 is 0 Å². The van der Waals surface area contributed by atoms with Gasteiger partial charge in [-0.2, -0.15) is 0 Å². The van der Waals surface area contributed by atoms with Gasteiger partial charge in [-0.3, -0.25) is 0 Å². The minimum Gasteiger partial charge on any atom is -0.366 e. The molecule has 1 aliphatic heterocycles. The summed E-state index contributed by atoms with van der Waals surface area (Å²) in [6, 6.07) is 9.17. The highest BCUT2D eigenvalue weighted by Gasteiger charge is 2.32. The fraction of sp³-hybridized carbons (Fsp3) is 0.429. The minimum absolute atomic E-state index is 0.0967. The molecule has 0 amide bonds. The molecule has 80 valence electrons. The maximum atomic E-state index is 2.41. The molecular weight excluding hydrogens is 182 g/mol. The van der Waals surface area contributed by atoms with Crippen LogP contribution in [0, 0.1) is 0 Å². The minimum atomic E-state index is 0.0967. The smallest absolute Gasteiger partial charge is 0.0600 e. The second-order valence-corrected chi connectivity index (χ2v) is 4.96. The quantitative estimate of drug-likeness (QED) is 0.671. The molecule has 1 aromatic rings. The van der Waals surface area contributed by atoms with E-state index in [1.807, 2.05) is 0 Å². The van der Waals surface area contributed by atoms with E-state index >= 15 is 0 Å². The van der Waals surface area contributed by atoms with Gasteiger partial charge in [0.25, 0.3) is 0 Å².